The van der Waals surface area contributed by atoms with E-state index in [-0.39, 0.29) is 0 Å². The lowest BCUT2D eigenvalue weighted by Crippen LogP contribution is -2.23. The van der Waals surface area contributed by atoms with Crippen molar-refractivity contribution >= 4 is 39.0 Å². The van der Waals surface area contributed by atoms with Gasteiger partial charge in [0.1, 0.15) is 5.82 Å². The highest BCUT2D eigenvalue weighted by Gasteiger charge is 2.12. The second-order valence-corrected chi connectivity index (χ2v) is 5.60. The van der Waals surface area contributed by atoms with Crippen LogP contribution in [0.4, 0.5) is 11.8 Å². The van der Waals surface area contributed by atoms with Crippen LogP contribution in [0.1, 0.15) is 11.8 Å². The van der Waals surface area contributed by atoms with Gasteiger partial charge in [-0.1, -0.05) is 6.07 Å². The Hall–Kier alpha value is -1.14. The molecule has 0 fully saturated rings. The van der Waals surface area contributed by atoms with Gasteiger partial charge < -0.3 is 10.2 Å². The van der Waals surface area contributed by atoms with Gasteiger partial charge in [0.15, 0.2) is 0 Å². The average Bonchev–Trinajstić information content (AvgIpc) is 2.90. The summed E-state index contributed by atoms with van der Waals surface area (Å²) in [4.78, 5) is 12.2. The Morgan fingerprint density at radius 2 is 2.33 bits per heavy atom. The Bertz CT molecular complexity index is 501. The van der Waals surface area contributed by atoms with Gasteiger partial charge >= 0.3 is 0 Å². The Labute approximate surface area is 119 Å². The summed E-state index contributed by atoms with van der Waals surface area (Å²) < 4.78 is 0.917. The lowest BCUT2D eigenvalue weighted by molar-refractivity contribution is 0.817. The molecule has 2 aromatic heterocycles. The van der Waals surface area contributed by atoms with Crippen LogP contribution in [0.25, 0.3) is 0 Å². The number of hydrogen-bond donors (Lipinski definition) is 1. The Morgan fingerprint density at radius 1 is 1.50 bits per heavy atom. The molecule has 2 rings (SSSR count). The highest BCUT2D eigenvalue weighted by atomic mass is 79.9. The minimum atomic E-state index is 0.637. The summed E-state index contributed by atoms with van der Waals surface area (Å²) in [7, 11) is 1.82. The van der Waals surface area contributed by atoms with E-state index in [0.717, 1.165) is 23.4 Å². The number of anilines is 2. The van der Waals surface area contributed by atoms with Crippen molar-refractivity contribution in [1.29, 1.82) is 0 Å². The molecule has 0 spiro atoms. The smallest absolute Gasteiger partial charge is 0.224 e. The van der Waals surface area contributed by atoms with Crippen LogP contribution in [0.5, 0.6) is 0 Å². The van der Waals surface area contributed by atoms with Crippen molar-refractivity contribution < 1.29 is 0 Å². The SMILES string of the molecule is CCN(Cc1cccs1)c1nc(NC)ncc1Br. The first-order valence-corrected chi connectivity index (χ1v) is 7.39. The molecule has 0 bridgehead atoms. The third-order valence-corrected chi connectivity index (χ3v) is 3.98. The summed E-state index contributed by atoms with van der Waals surface area (Å²) in [5.74, 6) is 1.56. The zero-order valence-electron chi connectivity index (χ0n) is 10.4. The Balaban J connectivity index is 2.26. The van der Waals surface area contributed by atoms with E-state index in [2.05, 4.69) is 60.6 Å². The predicted octanol–water partition coefficient (Wildman–Crippen LogP) is 3.37. The van der Waals surface area contributed by atoms with E-state index < -0.39 is 0 Å². The molecule has 4 nitrogen and oxygen atoms in total. The summed E-state index contributed by atoms with van der Waals surface area (Å²) in [5, 5.41) is 5.06. The standard InChI is InChI=1S/C12H15BrN4S/c1-3-17(8-9-5-4-6-18-9)11-10(13)7-15-12(14-2)16-11/h4-7H,3,8H2,1-2H3,(H,14,15,16). The van der Waals surface area contributed by atoms with E-state index in [4.69, 9.17) is 0 Å². The second kappa shape index (κ2) is 6.15. The van der Waals surface area contributed by atoms with Gasteiger partial charge in [0.25, 0.3) is 0 Å². The molecule has 0 aliphatic heterocycles. The monoisotopic (exact) mass is 326 g/mol. The van der Waals surface area contributed by atoms with Crippen molar-refractivity contribution in [3.63, 3.8) is 0 Å². The van der Waals surface area contributed by atoms with Gasteiger partial charge in [-0.05, 0) is 34.3 Å². The molecule has 6 heteroatoms. The maximum Gasteiger partial charge on any atom is 0.224 e. The molecule has 18 heavy (non-hydrogen) atoms. The van der Waals surface area contributed by atoms with Crippen LogP contribution in [-0.4, -0.2) is 23.6 Å². The zero-order chi connectivity index (χ0) is 13.0. The number of rotatable bonds is 5. The molecule has 0 saturated carbocycles. The van der Waals surface area contributed by atoms with Gasteiger partial charge in [-0.25, -0.2) is 4.98 Å². The lowest BCUT2D eigenvalue weighted by Gasteiger charge is -2.22. The molecule has 2 heterocycles. The van der Waals surface area contributed by atoms with Crippen molar-refractivity contribution in [2.45, 2.75) is 13.5 Å². The topological polar surface area (TPSA) is 41.1 Å². The normalized spacial score (nSPS) is 10.4. The van der Waals surface area contributed by atoms with Crippen molar-refractivity contribution in [3.8, 4) is 0 Å². The van der Waals surface area contributed by atoms with Crippen molar-refractivity contribution in [2.24, 2.45) is 0 Å². The summed E-state index contributed by atoms with van der Waals surface area (Å²) in [5.41, 5.74) is 0. The van der Waals surface area contributed by atoms with Crippen molar-refractivity contribution in [1.82, 2.24) is 9.97 Å². The molecule has 0 atom stereocenters. The van der Waals surface area contributed by atoms with Crippen LogP contribution >= 0.6 is 27.3 Å². The molecule has 1 N–H and O–H groups in total. The first kappa shape index (κ1) is 13.3. The highest BCUT2D eigenvalue weighted by Crippen LogP contribution is 2.26. The van der Waals surface area contributed by atoms with Gasteiger partial charge in [-0.15, -0.1) is 11.3 Å². The third-order valence-electron chi connectivity index (χ3n) is 2.56. The van der Waals surface area contributed by atoms with E-state index >= 15 is 0 Å². The van der Waals surface area contributed by atoms with Crippen LogP contribution in [0.15, 0.2) is 28.2 Å². The molecule has 0 amide bonds. The molecule has 2 aromatic rings. The largest absolute Gasteiger partial charge is 0.357 e. The molecule has 0 radical (unpaired) electrons. The van der Waals surface area contributed by atoms with Crippen molar-refractivity contribution in [2.75, 3.05) is 23.8 Å². The fraction of sp³-hybridized carbons (Fsp3) is 0.333. The number of halogens is 1. The van der Waals surface area contributed by atoms with Gasteiger partial charge in [-0.2, -0.15) is 4.98 Å². The highest BCUT2D eigenvalue weighted by molar-refractivity contribution is 9.10. The molecule has 96 valence electrons. The molecule has 0 aromatic carbocycles. The summed E-state index contributed by atoms with van der Waals surface area (Å²) >= 11 is 5.28. The van der Waals surface area contributed by atoms with Crippen LogP contribution in [0.2, 0.25) is 0 Å². The zero-order valence-corrected chi connectivity index (χ0v) is 12.8. The number of aromatic nitrogens is 2. The number of hydrogen-bond acceptors (Lipinski definition) is 5. The predicted molar refractivity (Wildman–Crippen MR) is 80.3 cm³/mol. The maximum absolute atomic E-state index is 4.50. The first-order chi connectivity index (χ1) is 8.74. The molecule has 0 unspecified atom stereocenters. The van der Waals surface area contributed by atoms with E-state index in [1.807, 2.05) is 7.05 Å². The van der Waals surface area contributed by atoms with Crippen LogP contribution in [0.3, 0.4) is 0 Å². The van der Waals surface area contributed by atoms with Gasteiger partial charge in [0.05, 0.1) is 11.0 Å². The van der Waals surface area contributed by atoms with E-state index in [1.165, 1.54) is 4.88 Å². The van der Waals surface area contributed by atoms with Crippen LogP contribution < -0.4 is 10.2 Å². The fourth-order valence-corrected chi connectivity index (χ4v) is 2.79. The Kier molecular flexibility index (Phi) is 4.54. The maximum atomic E-state index is 4.50. The molecular weight excluding hydrogens is 312 g/mol. The van der Waals surface area contributed by atoms with Gasteiger partial charge in [-0.3, -0.25) is 0 Å². The second-order valence-electron chi connectivity index (χ2n) is 3.71. The molecule has 0 saturated heterocycles. The van der Waals surface area contributed by atoms with Crippen molar-refractivity contribution in [3.05, 3.63) is 33.1 Å². The third kappa shape index (κ3) is 3.00. The Morgan fingerprint density at radius 3 is 2.94 bits per heavy atom. The van der Waals surface area contributed by atoms with Crippen LogP contribution in [-0.2, 0) is 6.54 Å². The lowest BCUT2D eigenvalue weighted by atomic mass is 10.4. The average molecular weight is 327 g/mol. The number of thiophene rings is 1. The van der Waals surface area contributed by atoms with Gasteiger partial charge in [0.2, 0.25) is 5.95 Å². The summed E-state index contributed by atoms with van der Waals surface area (Å²) in [6, 6.07) is 4.21. The summed E-state index contributed by atoms with van der Waals surface area (Å²) in [6.07, 6.45) is 1.78. The van der Waals surface area contributed by atoms with E-state index in [9.17, 15) is 0 Å². The van der Waals surface area contributed by atoms with E-state index in [1.54, 1.807) is 17.5 Å². The van der Waals surface area contributed by atoms with Gasteiger partial charge in [0, 0.05) is 24.7 Å². The number of nitrogens with one attached hydrogen (secondary N) is 1. The quantitative estimate of drug-likeness (QED) is 0.914. The molecule has 0 aliphatic carbocycles. The minimum Gasteiger partial charge on any atom is -0.357 e. The fourth-order valence-electron chi connectivity index (χ4n) is 1.63. The number of nitrogens with zero attached hydrogens (tertiary/aromatic N) is 3. The van der Waals surface area contributed by atoms with E-state index in [0.29, 0.717) is 5.95 Å². The molecular formula is C12H15BrN4S. The first-order valence-electron chi connectivity index (χ1n) is 5.72. The summed E-state index contributed by atoms with van der Waals surface area (Å²) in [6.45, 7) is 3.89. The van der Waals surface area contributed by atoms with Crippen LogP contribution in [0, 0.1) is 0 Å². The minimum absolute atomic E-state index is 0.637. The molecule has 0 aliphatic rings.